The molecule has 1 saturated heterocycles. The molecule has 2 heterocycles. The standard InChI is InChI=1S/C21H22ClN3O3S2/c1-13-6-8-15(9-7-13)25-19-12-30(27,28)11-18(19)24-21(25)29-10-20(26)23-17-5-3-4-16(22)14(17)2/h3-9,18-19H,10-12H2,1-2H3,(H,23,26)/t18-,19+/m0/s1. The van der Waals surface area contributed by atoms with Crippen LogP contribution < -0.4 is 10.2 Å². The summed E-state index contributed by atoms with van der Waals surface area (Å²) in [5, 5.41) is 4.17. The fourth-order valence-corrected chi connectivity index (χ4v) is 6.64. The second-order valence-corrected chi connectivity index (χ2v) is 11.1. The molecule has 2 atom stereocenters. The Bertz CT molecular complexity index is 1120. The van der Waals surface area contributed by atoms with Crippen molar-refractivity contribution in [1.82, 2.24) is 0 Å². The molecule has 1 N–H and O–H groups in total. The number of nitrogens with one attached hydrogen (secondary N) is 1. The summed E-state index contributed by atoms with van der Waals surface area (Å²) in [5.41, 5.74) is 3.51. The minimum Gasteiger partial charge on any atom is -0.325 e. The van der Waals surface area contributed by atoms with Gasteiger partial charge in [0.1, 0.15) is 0 Å². The lowest BCUT2D eigenvalue weighted by molar-refractivity contribution is -0.113. The highest BCUT2D eigenvalue weighted by Crippen LogP contribution is 2.35. The molecule has 0 aliphatic carbocycles. The van der Waals surface area contributed by atoms with E-state index in [9.17, 15) is 13.2 Å². The average Bonchev–Trinajstić information content (AvgIpc) is 3.16. The molecule has 2 aromatic carbocycles. The van der Waals surface area contributed by atoms with Gasteiger partial charge in [0.15, 0.2) is 15.0 Å². The quantitative estimate of drug-likeness (QED) is 0.748. The second kappa shape index (κ2) is 8.24. The summed E-state index contributed by atoms with van der Waals surface area (Å²) < 4.78 is 24.3. The van der Waals surface area contributed by atoms with Gasteiger partial charge in [-0.15, -0.1) is 0 Å². The van der Waals surface area contributed by atoms with E-state index in [-0.39, 0.29) is 35.2 Å². The van der Waals surface area contributed by atoms with E-state index in [0.29, 0.717) is 15.9 Å². The highest BCUT2D eigenvalue weighted by molar-refractivity contribution is 8.14. The first-order chi connectivity index (χ1) is 14.2. The molecule has 4 rings (SSSR count). The van der Waals surface area contributed by atoms with Gasteiger partial charge in [-0.3, -0.25) is 9.79 Å². The molecule has 0 spiro atoms. The number of rotatable bonds is 4. The van der Waals surface area contributed by atoms with Gasteiger partial charge in [0.25, 0.3) is 0 Å². The van der Waals surface area contributed by atoms with Crippen molar-refractivity contribution < 1.29 is 13.2 Å². The third-order valence-corrected chi connectivity index (χ3v) is 8.37. The van der Waals surface area contributed by atoms with Crippen molar-refractivity contribution >= 4 is 55.6 Å². The Morgan fingerprint density at radius 2 is 1.93 bits per heavy atom. The Morgan fingerprint density at radius 3 is 2.67 bits per heavy atom. The molecule has 2 aromatic rings. The number of benzene rings is 2. The molecule has 0 radical (unpaired) electrons. The summed E-state index contributed by atoms with van der Waals surface area (Å²) in [6.45, 7) is 3.86. The molecule has 9 heteroatoms. The van der Waals surface area contributed by atoms with E-state index in [4.69, 9.17) is 11.6 Å². The minimum atomic E-state index is -3.11. The maximum atomic E-state index is 12.5. The van der Waals surface area contributed by atoms with Gasteiger partial charge in [-0.1, -0.05) is 47.1 Å². The highest BCUT2D eigenvalue weighted by Gasteiger charge is 2.47. The number of aliphatic imine (C=N–C) groups is 1. The van der Waals surface area contributed by atoms with Crippen molar-refractivity contribution in [2.75, 3.05) is 27.5 Å². The van der Waals surface area contributed by atoms with E-state index < -0.39 is 9.84 Å². The lowest BCUT2D eigenvalue weighted by atomic mass is 10.1. The van der Waals surface area contributed by atoms with Gasteiger partial charge in [-0.05, 0) is 43.7 Å². The zero-order valence-corrected chi connectivity index (χ0v) is 19.0. The van der Waals surface area contributed by atoms with Crippen LogP contribution in [0.1, 0.15) is 11.1 Å². The molecule has 0 aromatic heterocycles. The molecule has 0 bridgehead atoms. The third-order valence-electron chi connectivity index (χ3n) is 5.29. The second-order valence-electron chi connectivity index (χ2n) is 7.58. The van der Waals surface area contributed by atoms with Crippen LogP contribution in [0.5, 0.6) is 0 Å². The van der Waals surface area contributed by atoms with E-state index in [1.165, 1.54) is 11.8 Å². The van der Waals surface area contributed by atoms with Gasteiger partial charge < -0.3 is 10.2 Å². The van der Waals surface area contributed by atoms with Crippen LogP contribution in [0, 0.1) is 13.8 Å². The van der Waals surface area contributed by atoms with Crippen LogP contribution in [0.25, 0.3) is 0 Å². The topological polar surface area (TPSA) is 78.8 Å². The maximum Gasteiger partial charge on any atom is 0.234 e. The number of nitrogens with zero attached hydrogens (tertiary/aromatic N) is 2. The molecule has 30 heavy (non-hydrogen) atoms. The Kier molecular flexibility index (Phi) is 5.83. The Morgan fingerprint density at radius 1 is 1.20 bits per heavy atom. The van der Waals surface area contributed by atoms with E-state index in [0.717, 1.165) is 16.8 Å². The highest BCUT2D eigenvalue weighted by atomic mass is 35.5. The minimum absolute atomic E-state index is 0.0536. The molecule has 0 unspecified atom stereocenters. The van der Waals surface area contributed by atoms with Crippen molar-refractivity contribution in [3.05, 3.63) is 58.6 Å². The van der Waals surface area contributed by atoms with Gasteiger partial charge >= 0.3 is 0 Å². The smallest absolute Gasteiger partial charge is 0.234 e. The number of aryl methyl sites for hydroxylation is 1. The molecular weight excluding hydrogens is 442 g/mol. The lowest BCUT2D eigenvalue weighted by Crippen LogP contribution is -2.39. The zero-order chi connectivity index (χ0) is 21.5. The Hall–Kier alpha value is -2.03. The first-order valence-corrected chi connectivity index (χ1v) is 12.7. The summed E-state index contributed by atoms with van der Waals surface area (Å²) in [5.74, 6) is 0.131. The van der Waals surface area contributed by atoms with Crippen molar-refractivity contribution in [3.63, 3.8) is 0 Å². The van der Waals surface area contributed by atoms with Crippen molar-refractivity contribution in [1.29, 1.82) is 0 Å². The van der Waals surface area contributed by atoms with Crippen molar-refractivity contribution in [2.45, 2.75) is 25.9 Å². The van der Waals surface area contributed by atoms with Crippen molar-refractivity contribution in [2.24, 2.45) is 4.99 Å². The molecule has 158 valence electrons. The number of hydrogen-bond acceptors (Lipinski definition) is 6. The third kappa shape index (κ3) is 4.36. The fraction of sp³-hybridized carbons (Fsp3) is 0.333. The number of halogens is 1. The molecule has 1 fully saturated rings. The molecule has 6 nitrogen and oxygen atoms in total. The van der Waals surface area contributed by atoms with Crippen LogP contribution in [0.15, 0.2) is 47.5 Å². The first kappa shape index (κ1) is 21.2. The molecular formula is C21H22ClN3O3S2. The Labute approximate surface area is 185 Å². The monoisotopic (exact) mass is 463 g/mol. The van der Waals surface area contributed by atoms with Gasteiger partial charge in [0.05, 0.1) is 29.3 Å². The maximum absolute atomic E-state index is 12.5. The zero-order valence-electron chi connectivity index (χ0n) is 16.6. The summed E-state index contributed by atoms with van der Waals surface area (Å²) >= 11 is 7.44. The number of anilines is 2. The van der Waals surface area contributed by atoms with E-state index in [2.05, 4.69) is 10.3 Å². The van der Waals surface area contributed by atoms with Crippen molar-refractivity contribution in [3.8, 4) is 0 Å². The molecule has 2 aliphatic rings. The molecule has 0 saturated carbocycles. The largest absolute Gasteiger partial charge is 0.325 e. The van der Waals surface area contributed by atoms with Crippen LogP contribution in [0.3, 0.4) is 0 Å². The van der Waals surface area contributed by atoms with Gasteiger partial charge in [0, 0.05) is 16.4 Å². The van der Waals surface area contributed by atoms with Crippen LogP contribution in [-0.4, -0.2) is 48.8 Å². The predicted octanol–water partition coefficient (Wildman–Crippen LogP) is 3.67. The number of fused-ring (bicyclic) bond motifs is 1. The summed E-state index contributed by atoms with van der Waals surface area (Å²) in [4.78, 5) is 19.2. The average molecular weight is 464 g/mol. The number of thioether (sulfide) groups is 1. The van der Waals surface area contributed by atoms with Crippen LogP contribution in [0.4, 0.5) is 11.4 Å². The van der Waals surface area contributed by atoms with Crippen LogP contribution in [-0.2, 0) is 14.6 Å². The number of carbonyl (C=O) groups excluding carboxylic acids is 1. The molecule has 1 amide bonds. The SMILES string of the molecule is Cc1ccc(N2C(SCC(=O)Nc3cccc(Cl)c3C)=N[C@H]3CS(=O)(=O)C[C@H]32)cc1. The van der Waals surface area contributed by atoms with Gasteiger partial charge in [-0.2, -0.15) is 0 Å². The summed E-state index contributed by atoms with van der Waals surface area (Å²) in [6, 6.07) is 12.8. The van der Waals surface area contributed by atoms with E-state index >= 15 is 0 Å². The predicted molar refractivity (Wildman–Crippen MR) is 125 cm³/mol. The molecule has 2 aliphatic heterocycles. The fourth-order valence-electron chi connectivity index (χ4n) is 3.70. The number of carbonyl (C=O) groups is 1. The number of sulfone groups is 1. The summed E-state index contributed by atoms with van der Waals surface area (Å²) in [7, 11) is -3.11. The number of amides is 1. The normalized spacial score (nSPS) is 22.0. The lowest BCUT2D eigenvalue weighted by Gasteiger charge is -2.26. The number of amidine groups is 1. The summed E-state index contributed by atoms with van der Waals surface area (Å²) in [6.07, 6.45) is 0. The van der Waals surface area contributed by atoms with Gasteiger partial charge in [0.2, 0.25) is 5.91 Å². The number of hydrogen-bond donors (Lipinski definition) is 1. The Balaban J connectivity index is 1.51. The van der Waals surface area contributed by atoms with Crippen LogP contribution in [0.2, 0.25) is 5.02 Å². The first-order valence-electron chi connectivity index (χ1n) is 9.55. The van der Waals surface area contributed by atoms with E-state index in [1.54, 1.807) is 12.1 Å². The van der Waals surface area contributed by atoms with Gasteiger partial charge in [-0.25, -0.2) is 8.42 Å². The van der Waals surface area contributed by atoms with Crippen LogP contribution >= 0.6 is 23.4 Å². The van der Waals surface area contributed by atoms with E-state index in [1.807, 2.05) is 49.1 Å².